The SMILES string of the molecule is COCCOc1cc2c(cc1CN1CCC(N)C(C)(C)C1)OCO2.Cl. The minimum absolute atomic E-state index is 0. The molecular formula is C18H29ClN2O4. The zero-order valence-electron chi connectivity index (χ0n) is 15.2. The second-order valence-corrected chi connectivity index (χ2v) is 7.25. The van der Waals surface area contributed by atoms with E-state index in [4.69, 9.17) is 24.7 Å². The number of ether oxygens (including phenoxy) is 4. The van der Waals surface area contributed by atoms with E-state index in [1.165, 1.54) is 0 Å². The molecule has 25 heavy (non-hydrogen) atoms. The molecule has 3 rings (SSSR count). The number of methoxy groups -OCH3 is 1. The van der Waals surface area contributed by atoms with Crippen LogP contribution in [0.3, 0.4) is 0 Å². The van der Waals surface area contributed by atoms with Gasteiger partial charge < -0.3 is 24.7 Å². The quantitative estimate of drug-likeness (QED) is 0.773. The van der Waals surface area contributed by atoms with Crippen molar-refractivity contribution in [3.8, 4) is 17.2 Å². The summed E-state index contributed by atoms with van der Waals surface area (Å²) in [5.41, 5.74) is 7.48. The van der Waals surface area contributed by atoms with Crippen LogP contribution in [0.15, 0.2) is 12.1 Å². The first-order chi connectivity index (χ1) is 11.5. The lowest BCUT2D eigenvalue weighted by Gasteiger charge is -2.42. The second kappa shape index (κ2) is 8.45. The first-order valence-electron chi connectivity index (χ1n) is 8.52. The number of likely N-dealkylation sites (tertiary alicyclic amines) is 1. The average molecular weight is 373 g/mol. The maximum Gasteiger partial charge on any atom is 0.231 e. The largest absolute Gasteiger partial charge is 0.491 e. The van der Waals surface area contributed by atoms with Crippen LogP contribution in [0.25, 0.3) is 0 Å². The lowest BCUT2D eigenvalue weighted by atomic mass is 9.79. The molecule has 1 saturated heterocycles. The van der Waals surface area contributed by atoms with Gasteiger partial charge in [0.25, 0.3) is 0 Å². The Morgan fingerprint density at radius 1 is 1.24 bits per heavy atom. The normalized spacial score (nSPS) is 21.7. The first-order valence-corrected chi connectivity index (χ1v) is 8.52. The van der Waals surface area contributed by atoms with Crippen molar-refractivity contribution < 1.29 is 18.9 Å². The number of benzene rings is 1. The van der Waals surface area contributed by atoms with E-state index in [0.29, 0.717) is 13.2 Å². The molecule has 0 bridgehead atoms. The summed E-state index contributed by atoms with van der Waals surface area (Å²) in [6, 6.07) is 4.21. The lowest BCUT2D eigenvalue weighted by molar-refractivity contribution is 0.0883. The molecule has 2 N–H and O–H groups in total. The highest BCUT2D eigenvalue weighted by atomic mass is 35.5. The molecule has 1 aromatic rings. The van der Waals surface area contributed by atoms with Crippen molar-refractivity contribution in [1.82, 2.24) is 4.90 Å². The van der Waals surface area contributed by atoms with Crippen LogP contribution in [-0.2, 0) is 11.3 Å². The summed E-state index contributed by atoms with van der Waals surface area (Å²) in [6.45, 7) is 8.59. The maximum atomic E-state index is 6.25. The van der Waals surface area contributed by atoms with Crippen LogP contribution < -0.4 is 19.9 Å². The van der Waals surface area contributed by atoms with Gasteiger partial charge in [0.05, 0.1) is 6.61 Å². The lowest BCUT2D eigenvalue weighted by Crippen LogP contribution is -2.52. The molecule has 0 spiro atoms. The standard InChI is InChI=1S/C18H28N2O4.ClH/c1-18(2)11-20(5-4-17(18)19)10-13-8-15-16(24-12-23-15)9-14(13)22-7-6-21-3;/h8-9,17H,4-7,10-12,19H2,1-3H3;1H. The second-order valence-electron chi connectivity index (χ2n) is 7.25. The number of hydrogen-bond acceptors (Lipinski definition) is 6. The van der Waals surface area contributed by atoms with Crippen molar-refractivity contribution in [1.29, 1.82) is 0 Å². The Balaban J connectivity index is 0.00000225. The van der Waals surface area contributed by atoms with E-state index in [-0.39, 0.29) is 30.7 Å². The zero-order valence-corrected chi connectivity index (χ0v) is 16.1. The Kier molecular flexibility index (Phi) is 6.79. The van der Waals surface area contributed by atoms with Crippen molar-refractivity contribution in [3.05, 3.63) is 17.7 Å². The van der Waals surface area contributed by atoms with Gasteiger partial charge in [-0.2, -0.15) is 0 Å². The van der Waals surface area contributed by atoms with Crippen LogP contribution in [0.5, 0.6) is 17.2 Å². The van der Waals surface area contributed by atoms with Crippen molar-refractivity contribution in [2.45, 2.75) is 32.9 Å². The van der Waals surface area contributed by atoms with Gasteiger partial charge in [0, 0.05) is 44.4 Å². The van der Waals surface area contributed by atoms with Crippen LogP contribution >= 0.6 is 12.4 Å². The van der Waals surface area contributed by atoms with E-state index in [2.05, 4.69) is 18.7 Å². The molecule has 0 amide bonds. The van der Waals surface area contributed by atoms with Crippen molar-refractivity contribution >= 4 is 12.4 Å². The molecule has 1 fully saturated rings. The Labute approximate surface area is 156 Å². The van der Waals surface area contributed by atoms with E-state index in [1.807, 2.05) is 12.1 Å². The smallest absolute Gasteiger partial charge is 0.231 e. The summed E-state index contributed by atoms with van der Waals surface area (Å²) in [5, 5.41) is 0. The molecule has 2 aliphatic heterocycles. The number of rotatable bonds is 6. The first kappa shape index (κ1) is 20.1. The van der Waals surface area contributed by atoms with Gasteiger partial charge >= 0.3 is 0 Å². The average Bonchev–Trinajstić information content (AvgIpc) is 2.98. The molecule has 2 aliphatic rings. The Hall–Kier alpha value is -1.21. The molecule has 2 heterocycles. The third kappa shape index (κ3) is 4.70. The molecule has 1 aromatic carbocycles. The number of nitrogens with zero attached hydrogens (tertiary/aromatic N) is 1. The number of hydrogen-bond donors (Lipinski definition) is 1. The minimum Gasteiger partial charge on any atom is -0.491 e. The summed E-state index contributed by atoms with van der Waals surface area (Å²) < 4.78 is 22.0. The molecule has 0 aliphatic carbocycles. The van der Waals surface area contributed by atoms with Crippen LogP contribution in [0.1, 0.15) is 25.8 Å². The summed E-state index contributed by atoms with van der Waals surface area (Å²) >= 11 is 0. The van der Waals surface area contributed by atoms with Crippen molar-refractivity contribution in [2.75, 3.05) is 40.2 Å². The number of piperidine rings is 1. The van der Waals surface area contributed by atoms with E-state index in [9.17, 15) is 0 Å². The Morgan fingerprint density at radius 3 is 2.64 bits per heavy atom. The van der Waals surface area contributed by atoms with Gasteiger partial charge in [0.15, 0.2) is 11.5 Å². The fraction of sp³-hybridized carbons (Fsp3) is 0.667. The maximum absolute atomic E-state index is 6.25. The van der Waals surface area contributed by atoms with Crippen LogP contribution in [0, 0.1) is 5.41 Å². The summed E-state index contributed by atoms with van der Waals surface area (Å²) in [5.74, 6) is 2.37. The summed E-state index contributed by atoms with van der Waals surface area (Å²) in [6.07, 6.45) is 1.01. The molecule has 142 valence electrons. The van der Waals surface area contributed by atoms with Crippen LogP contribution in [-0.4, -0.2) is 51.1 Å². The molecule has 1 atom stereocenters. The number of halogens is 1. The van der Waals surface area contributed by atoms with Crippen LogP contribution in [0.2, 0.25) is 0 Å². The summed E-state index contributed by atoms with van der Waals surface area (Å²) in [7, 11) is 1.67. The molecular weight excluding hydrogens is 344 g/mol. The van der Waals surface area contributed by atoms with Gasteiger partial charge in [-0.1, -0.05) is 13.8 Å². The summed E-state index contributed by atoms with van der Waals surface area (Å²) in [4.78, 5) is 2.43. The van der Waals surface area contributed by atoms with Gasteiger partial charge in [-0.3, -0.25) is 4.90 Å². The molecule has 1 unspecified atom stereocenters. The Bertz CT molecular complexity index is 582. The zero-order chi connectivity index (χ0) is 17.2. The molecule has 7 heteroatoms. The van der Waals surface area contributed by atoms with Gasteiger partial charge in [-0.05, 0) is 17.9 Å². The highest BCUT2D eigenvalue weighted by molar-refractivity contribution is 5.85. The van der Waals surface area contributed by atoms with E-state index >= 15 is 0 Å². The minimum atomic E-state index is 0. The third-order valence-electron chi connectivity index (χ3n) is 4.89. The van der Waals surface area contributed by atoms with E-state index < -0.39 is 0 Å². The molecule has 0 aromatic heterocycles. The highest BCUT2D eigenvalue weighted by Crippen LogP contribution is 2.39. The monoisotopic (exact) mass is 372 g/mol. The van der Waals surface area contributed by atoms with Gasteiger partial charge in [-0.25, -0.2) is 0 Å². The fourth-order valence-corrected chi connectivity index (χ4v) is 3.32. The number of nitrogens with two attached hydrogens (primary N) is 1. The molecule has 6 nitrogen and oxygen atoms in total. The fourth-order valence-electron chi connectivity index (χ4n) is 3.32. The predicted molar refractivity (Wildman–Crippen MR) is 98.8 cm³/mol. The van der Waals surface area contributed by atoms with E-state index in [0.717, 1.165) is 48.9 Å². The highest BCUT2D eigenvalue weighted by Gasteiger charge is 2.33. The predicted octanol–water partition coefficient (Wildman–Crippen LogP) is 2.42. The van der Waals surface area contributed by atoms with Crippen LogP contribution in [0.4, 0.5) is 0 Å². The number of fused-ring (bicyclic) bond motifs is 1. The van der Waals surface area contributed by atoms with Crippen molar-refractivity contribution in [3.63, 3.8) is 0 Å². The van der Waals surface area contributed by atoms with Gasteiger partial charge in [-0.15, -0.1) is 12.4 Å². The van der Waals surface area contributed by atoms with Gasteiger partial charge in [0.1, 0.15) is 12.4 Å². The molecule has 0 radical (unpaired) electrons. The van der Waals surface area contributed by atoms with E-state index in [1.54, 1.807) is 7.11 Å². The molecule has 0 saturated carbocycles. The van der Waals surface area contributed by atoms with Crippen molar-refractivity contribution in [2.24, 2.45) is 11.1 Å². The third-order valence-corrected chi connectivity index (χ3v) is 4.89. The topological polar surface area (TPSA) is 66.2 Å². The van der Waals surface area contributed by atoms with Gasteiger partial charge in [0.2, 0.25) is 6.79 Å². The Morgan fingerprint density at radius 2 is 1.96 bits per heavy atom.